The van der Waals surface area contributed by atoms with Gasteiger partial charge in [0.2, 0.25) is 0 Å². The Labute approximate surface area is 182 Å². The van der Waals surface area contributed by atoms with Crippen molar-refractivity contribution in [3.8, 4) is 11.4 Å². The zero-order chi connectivity index (χ0) is 21.5. The molecule has 30 heavy (non-hydrogen) atoms. The molecular formula is C20H16Cl2N3O4P. The molecule has 0 saturated carbocycles. The third-order valence-electron chi connectivity index (χ3n) is 4.68. The summed E-state index contributed by atoms with van der Waals surface area (Å²) in [5.41, 5.74) is 3.63. The van der Waals surface area contributed by atoms with E-state index in [1.54, 1.807) is 17.8 Å². The van der Waals surface area contributed by atoms with Crippen LogP contribution in [0.5, 0.6) is 5.75 Å². The van der Waals surface area contributed by atoms with E-state index >= 15 is 0 Å². The first kappa shape index (κ1) is 20.8. The fourth-order valence-corrected chi connectivity index (χ4v) is 4.19. The minimum atomic E-state index is -4.76. The average molecular weight is 464 g/mol. The number of aromatic nitrogens is 3. The molecule has 10 heteroatoms. The Balaban J connectivity index is 1.77. The van der Waals surface area contributed by atoms with Crippen molar-refractivity contribution < 1.29 is 18.9 Å². The zero-order valence-corrected chi connectivity index (χ0v) is 18.1. The summed E-state index contributed by atoms with van der Waals surface area (Å²) < 4.78 is 18.0. The van der Waals surface area contributed by atoms with Crippen LogP contribution in [0, 0.1) is 6.92 Å². The minimum absolute atomic E-state index is 0.000296. The SMILES string of the molecule is Cc1c(Cc2ccc(-n3cccn3)cc2)c(Cl)nc2c(Cl)ccc(OP(=O)(O)O)c12. The molecule has 0 saturated heterocycles. The third-order valence-corrected chi connectivity index (χ3v) is 5.73. The molecule has 0 fully saturated rings. The second kappa shape index (κ2) is 8.02. The Bertz CT molecular complexity index is 1270. The smallest absolute Gasteiger partial charge is 0.404 e. The summed E-state index contributed by atoms with van der Waals surface area (Å²) in [5, 5.41) is 5.20. The minimum Gasteiger partial charge on any atom is -0.404 e. The number of hydrogen-bond donors (Lipinski definition) is 2. The number of nitrogens with zero attached hydrogens (tertiary/aromatic N) is 3. The number of benzene rings is 2. The van der Waals surface area contributed by atoms with Crippen molar-refractivity contribution >= 4 is 41.9 Å². The normalized spacial score (nSPS) is 11.8. The number of pyridine rings is 1. The van der Waals surface area contributed by atoms with Crippen LogP contribution in [0.15, 0.2) is 54.9 Å². The molecule has 0 spiro atoms. The van der Waals surface area contributed by atoms with E-state index in [4.69, 9.17) is 27.7 Å². The molecule has 0 radical (unpaired) electrons. The van der Waals surface area contributed by atoms with Crippen molar-refractivity contribution in [3.05, 3.63) is 81.7 Å². The molecule has 0 aliphatic carbocycles. The standard InChI is InChI=1S/C20H16Cl2N3O4P/c1-12-15(11-13-3-5-14(6-4-13)25-10-2-9-23-25)20(22)24-19-16(21)7-8-17(18(12)19)29-30(26,27)28/h2-10H,11H2,1H3,(H2,26,27,28). The van der Waals surface area contributed by atoms with Crippen LogP contribution in [0.3, 0.4) is 0 Å². The highest BCUT2D eigenvalue weighted by Gasteiger charge is 2.22. The molecule has 0 bridgehead atoms. The Hall–Kier alpha value is -2.41. The number of fused-ring (bicyclic) bond motifs is 1. The summed E-state index contributed by atoms with van der Waals surface area (Å²) in [5.74, 6) is -0.000296. The van der Waals surface area contributed by atoms with Gasteiger partial charge in [0.15, 0.2) is 0 Å². The van der Waals surface area contributed by atoms with Gasteiger partial charge < -0.3 is 4.52 Å². The van der Waals surface area contributed by atoms with E-state index in [9.17, 15) is 14.4 Å². The van der Waals surface area contributed by atoms with Crippen molar-refractivity contribution in [3.63, 3.8) is 0 Å². The second-order valence-electron chi connectivity index (χ2n) is 6.65. The molecule has 0 atom stereocenters. The van der Waals surface area contributed by atoms with Gasteiger partial charge in [-0.3, -0.25) is 9.79 Å². The summed E-state index contributed by atoms with van der Waals surface area (Å²) >= 11 is 12.7. The van der Waals surface area contributed by atoms with Crippen LogP contribution >= 0.6 is 31.0 Å². The van der Waals surface area contributed by atoms with Crippen LogP contribution < -0.4 is 4.52 Å². The molecule has 0 unspecified atom stereocenters. The maximum atomic E-state index is 11.4. The van der Waals surface area contributed by atoms with Crippen LogP contribution in [0.4, 0.5) is 0 Å². The zero-order valence-electron chi connectivity index (χ0n) is 15.7. The van der Waals surface area contributed by atoms with Gasteiger partial charge >= 0.3 is 7.82 Å². The van der Waals surface area contributed by atoms with Gasteiger partial charge in [-0.25, -0.2) is 14.2 Å². The Morgan fingerprint density at radius 2 is 1.87 bits per heavy atom. The molecule has 2 aromatic carbocycles. The highest BCUT2D eigenvalue weighted by atomic mass is 35.5. The van der Waals surface area contributed by atoms with E-state index in [2.05, 4.69) is 10.1 Å². The van der Waals surface area contributed by atoms with Gasteiger partial charge in [0.25, 0.3) is 0 Å². The van der Waals surface area contributed by atoms with E-state index < -0.39 is 7.82 Å². The number of aryl methyl sites for hydroxylation is 1. The van der Waals surface area contributed by atoms with E-state index in [0.717, 1.165) is 11.3 Å². The highest BCUT2D eigenvalue weighted by Crippen LogP contribution is 2.44. The van der Waals surface area contributed by atoms with Gasteiger partial charge in [-0.1, -0.05) is 35.3 Å². The van der Waals surface area contributed by atoms with Gasteiger partial charge in [0.1, 0.15) is 10.9 Å². The monoisotopic (exact) mass is 463 g/mol. The number of hydrogen-bond acceptors (Lipinski definition) is 4. The van der Waals surface area contributed by atoms with E-state index in [1.165, 1.54) is 12.1 Å². The number of halogens is 2. The first-order chi connectivity index (χ1) is 14.2. The van der Waals surface area contributed by atoms with Gasteiger partial charge in [-0.15, -0.1) is 0 Å². The summed E-state index contributed by atoms with van der Waals surface area (Å²) in [7, 11) is -4.76. The first-order valence-electron chi connectivity index (χ1n) is 8.84. The van der Waals surface area contributed by atoms with Crippen molar-refractivity contribution in [1.29, 1.82) is 0 Å². The lowest BCUT2D eigenvalue weighted by atomic mass is 9.98. The molecule has 154 valence electrons. The Morgan fingerprint density at radius 1 is 1.13 bits per heavy atom. The molecule has 7 nitrogen and oxygen atoms in total. The number of phosphoric acid groups is 1. The van der Waals surface area contributed by atoms with Crippen LogP contribution in [0.2, 0.25) is 10.2 Å². The molecule has 0 aliphatic heterocycles. The van der Waals surface area contributed by atoms with Gasteiger partial charge in [-0.2, -0.15) is 5.10 Å². The second-order valence-corrected chi connectivity index (χ2v) is 8.58. The number of rotatable bonds is 5. The lowest BCUT2D eigenvalue weighted by Crippen LogP contribution is -2.01. The molecule has 2 N–H and O–H groups in total. The van der Waals surface area contributed by atoms with Crippen molar-refractivity contribution in [1.82, 2.24) is 14.8 Å². The van der Waals surface area contributed by atoms with Gasteiger partial charge in [-0.05, 0) is 53.9 Å². The maximum Gasteiger partial charge on any atom is 0.524 e. The fourth-order valence-electron chi connectivity index (χ4n) is 3.29. The first-order valence-corrected chi connectivity index (χ1v) is 11.1. The predicted molar refractivity (Wildman–Crippen MR) is 116 cm³/mol. The molecule has 2 heterocycles. The van der Waals surface area contributed by atoms with Crippen LogP contribution in [-0.2, 0) is 11.0 Å². The fraction of sp³-hybridized carbons (Fsp3) is 0.100. The quantitative estimate of drug-likeness (QED) is 0.315. The van der Waals surface area contributed by atoms with Crippen LogP contribution in [-0.4, -0.2) is 24.6 Å². The molecular weight excluding hydrogens is 448 g/mol. The van der Waals surface area contributed by atoms with Crippen molar-refractivity contribution in [2.24, 2.45) is 0 Å². The highest BCUT2D eigenvalue weighted by molar-refractivity contribution is 7.46. The van der Waals surface area contributed by atoms with E-state index in [1.807, 2.05) is 36.5 Å². The molecule has 4 rings (SSSR count). The Morgan fingerprint density at radius 3 is 2.50 bits per heavy atom. The van der Waals surface area contributed by atoms with Crippen molar-refractivity contribution in [2.75, 3.05) is 0 Å². The Kier molecular flexibility index (Phi) is 5.57. The topological polar surface area (TPSA) is 97.5 Å². The summed E-state index contributed by atoms with van der Waals surface area (Å²) in [6.45, 7) is 1.80. The molecule has 0 aliphatic rings. The van der Waals surface area contributed by atoms with Crippen molar-refractivity contribution in [2.45, 2.75) is 13.3 Å². The predicted octanol–water partition coefficient (Wildman–Crippen LogP) is 5.10. The van der Waals surface area contributed by atoms with E-state index in [-0.39, 0.29) is 10.9 Å². The number of phosphoric ester groups is 1. The van der Waals surface area contributed by atoms with Crippen LogP contribution in [0.1, 0.15) is 16.7 Å². The maximum absolute atomic E-state index is 11.4. The summed E-state index contributed by atoms with van der Waals surface area (Å²) in [6, 6.07) is 12.5. The van der Waals surface area contributed by atoms with Gasteiger partial charge in [0.05, 0.1) is 16.2 Å². The largest absolute Gasteiger partial charge is 0.524 e. The van der Waals surface area contributed by atoms with Gasteiger partial charge in [0, 0.05) is 24.2 Å². The summed E-state index contributed by atoms with van der Waals surface area (Å²) in [6.07, 6.45) is 4.03. The van der Waals surface area contributed by atoms with E-state index in [0.29, 0.717) is 33.5 Å². The lowest BCUT2D eigenvalue weighted by Gasteiger charge is -2.16. The summed E-state index contributed by atoms with van der Waals surface area (Å²) in [4.78, 5) is 22.9. The molecule has 0 amide bonds. The molecule has 4 aromatic rings. The lowest BCUT2D eigenvalue weighted by molar-refractivity contribution is 0.284. The molecule has 2 aromatic heterocycles. The average Bonchev–Trinajstić information content (AvgIpc) is 3.21. The van der Waals surface area contributed by atoms with Crippen LogP contribution in [0.25, 0.3) is 16.6 Å². The third kappa shape index (κ3) is 4.21.